The minimum Gasteiger partial charge on any atom is -0.481 e. The zero-order valence-corrected chi connectivity index (χ0v) is 10.8. The number of aromatic nitrogens is 2. The van der Waals surface area contributed by atoms with Gasteiger partial charge in [0.1, 0.15) is 0 Å². The molecule has 6 heteroatoms. The molecule has 1 fully saturated rings. The van der Waals surface area contributed by atoms with Gasteiger partial charge in [-0.25, -0.2) is 0 Å². The van der Waals surface area contributed by atoms with Crippen LogP contribution in [0.4, 0.5) is 0 Å². The molecule has 0 aliphatic carbocycles. The fraction of sp³-hybridized carbons (Fsp3) is 0.750. The van der Waals surface area contributed by atoms with Gasteiger partial charge < -0.3 is 9.63 Å². The maximum absolute atomic E-state index is 11.0. The van der Waals surface area contributed by atoms with E-state index >= 15 is 0 Å². The van der Waals surface area contributed by atoms with Crippen molar-refractivity contribution < 1.29 is 14.4 Å². The first-order valence-electron chi connectivity index (χ1n) is 6.40. The Morgan fingerprint density at radius 1 is 1.61 bits per heavy atom. The number of aliphatic carboxylic acids is 1. The van der Waals surface area contributed by atoms with Gasteiger partial charge in [-0.1, -0.05) is 12.1 Å². The SMILES string of the molecule is CCCc1noc(CN2CCC(C(=O)O)C2C)n1. The molecule has 0 spiro atoms. The van der Waals surface area contributed by atoms with E-state index < -0.39 is 5.97 Å². The molecule has 1 N–H and O–H groups in total. The lowest BCUT2D eigenvalue weighted by Gasteiger charge is -2.20. The molecule has 1 aromatic heterocycles. The van der Waals surface area contributed by atoms with Crippen molar-refractivity contribution in [2.45, 2.75) is 45.7 Å². The standard InChI is InChI=1S/C12H19N3O3/c1-3-4-10-13-11(18-14-10)7-15-6-5-9(8(15)2)12(16)17/h8-9H,3-7H2,1-2H3,(H,16,17). The molecule has 100 valence electrons. The lowest BCUT2D eigenvalue weighted by molar-refractivity contribution is -0.142. The number of aryl methyl sites for hydroxylation is 1. The molecule has 6 nitrogen and oxygen atoms in total. The quantitative estimate of drug-likeness (QED) is 0.852. The third-order valence-corrected chi connectivity index (χ3v) is 3.52. The highest BCUT2D eigenvalue weighted by Crippen LogP contribution is 2.25. The van der Waals surface area contributed by atoms with E-state index in [9.17, 15) is 4.79 Å². The molecule has 1 saturated heterocycles. The van der Waals surface area contributed by atoms with E-state index in [1.54, 1.807) is 0 Å². The van der Waals surface area contributed by atoms with Gasteiger partial charge in [0.15, 0.2) is 5.82 Å². The van der Waals surface area contributed by atoms with E-state index in [0.717, 1.165) is 25.2 Å². The number of carboxylic acids is 1. The third-order valence-electron chi connectivity index (χ3n) is 3.52. The summed E-state index contributed by atoms with van der Waals surface area (Å²) < 4.78 is 5.17. The van der Waals surface area contributed by atoms with Crippen LogP contribution in [0.15, 0.2) is 4.52 Å². The summed E-state index contributed by atoms with van der Waals surface area (Å²) in [5, 5.41) is 13.0. The first-order chi connectivity index (χ1) is 8.61. The first kappa shape index (κ1) is 13.0. The highest BCUT2D eigenvalue weighted by molar-refractivity contribution is 5.71. The molecule has 0 saturated carbocycles. The van der Waals surface area contributed by atoms with Gasteiger partial charge in [0, 0.05) is 12.5 Å². The number of carboxylic acid groups (broad SMARTS) is 1. The molecule has 1 aliphatic heterocycles. The predicted octanol–water partition coefficient (Wildman–Crippen LogP) is 1.32. The van der Waals surface area contributed by atoms with Crippen molar-refractivity contribution >= 4 is 5.97 Å². The van der Waals surface area contributed by atoms with Crippen molar-refractivity contribution in [1.29, 1.82) is 0 Å². The van der Waals surface area contributed by atoms with E-state index in [2.05, 4.69) is 22.0 Å². The van der Waals surface area contributed by atoms with E-state index in [-0.39, 0.29) is 12.0 Å². The van der Waals surface area contributed by atoms with Crippen LogP contribution in [0.3, 0.4) is 0 Å². The fourth-order valence-corrected chi connectivity index (χ4v) is 2.41. The molecule has 2 unspecified atom stereocenters. The summed E-state index contributed by atoms with van der Waals surface area (Å²) in [6.45, 7) is 5.32. The van der Waals surface area contributed by atoms with Crippen LogP contribution in [0.1, 0.15) is 38.4 Å². The van der Waals surface area contributed by atoms with Crippen molar-refractivity contribution in [2.75, 3.05) is 6.54 Å². The fourth-order valence-electron chi connectivity index (χ4n) is 2.41. The second-order valence-corrected chi connectivity index (χ2v) is 4.80. The van der Waals surface area contributed by atoms with Crippen molar-refractivity contribution in [2.24, 2.45) is 5.92 Å². The number of hydrogen-bond donors (Lipinski definition) is 1. The maximum Gasteiger partial charge on any atom is 0.308 e. The van der Waals surface area contributed by atoms with Crippen LogP contribution >= 0.6 is 0 Å². The summed E-state index contributed by atoms with van der Waals surface area (Å²) in [5.74, 6) is 0.302. The molecule has 2 heterocycles. The van der Waals surface area contributed by atoms with Crippen LogP contribution < -0.4 is 0 Å². The maximum atomic E-state index is 11.0. The molecule has 18 heavy (non-hydrogen) atoms. The smallest absolute Gasteiger partial charge is 0.308 e. The van der Waals surface area contributed by atoms with Crippen molar-refractivity contribution in [3.63, 3.8) is 0 Å². The first-order valence-corrected chi connectivity index (χ1v) is 6.40. The molecule has 0 aromatic carbocycles. The molecule has 0 radical (unpaired) electrons. The van der Waals surface area contributed by atoms with Crippen LogP contribution in [0, 0.1) is 5.92 Å². The summed E-state index contributed by atoms with van der Waals surface area (Å²) in [6.07, 6.45) is 2.49. The zero-order chi connectivity index (χ0) is 13.1. The number of nitrogens with zero attached hydrogens (tertiary/aromatic N) is 3. The summed E-state index contributed by atoms with van der Waals surface area (Å²) in [6, 6.07) is 0.0176. The molecular weight excluding hydrogens is 234 g/mol. The Labute approximate surface area is 106 Å². The average molecular weight is 253 g/mol. The van der Waals surface area contributed by atoms with Gasteiger partial charge in [-0.3, -0.25) is 9.69 Å². The van der Waals surface area contributed by atoms with E-state index in [4.69, 9.17) is 9.63 Å². The van der Waals surface area contributed by atoms with Gasteiger partial charge in [-0.05, 0) is 26.3 Å². The van der Waals surface area contributed by atoms with Crippen LogP contribution in [0.25, 0.3) is 0 Å². The molecule has 0 bridgehead atoms. The largest absolute Gasteiger partial charge is 0.481 e. The van der Waals surface area contributed by atoms with Gasteiger partial charge in [-0.2, -0.15) is 4.98 Å². The summed E-state index contributed by atoms with van der Waals surface area (Å²) >= 11 is 0. The Kier molecular flexibility index (Phi) is 3.96. The summed E-state index contributed by atoms with van der Waals surface area (Å²) in [4.78, 5) is 17.4. The Bertz CT molecular complexity index is 418. The molecule has 1 aliphatic rings. The Hall–Kier alpha value is -1.43. The van der Waals surface area contributed by atoms with Crippen LogP contribution in [-0.2, 0) is 17.8 Å². The second kappa shape index (κ2) is 5.48. The third kappa shape index (κ3) is 2.69. The van der Waals surface area contributed by atoms with E-state index in [1.165, 1.54) is 0 Å². The minimum atomic E-state index is -0.720. The van der Waals surface area contributed by atoms with Gasteiger partial charge >= 0.3 is 5.97 Å². The van der Waals surface area contributed by atoms with Gasteiger partial charge in [-0.15, -0.1) is 0 Å². The number of carbonyl (C=O) groups is 1. The molecule has 0 amide bonds. The van der Waals surface area contributed by atoms with Crippen LogP contribution in [-0.4, -0.2) is 38.7 Å². The summed E-state index contributed by atoms with van der Waals surface area (Å²) in [5.41, 5.74) is 0. The van der Waals surface area contributed by atoms with Crippen molar-refractivity contribution in [3.8, 4) is 0 Å². The lowest BCUT2D eigenvalue weighted by Crippen LogP contribution is -2.32. The molecular formula is C12H19N3O3. The van der Waals surface area contributed by atoms with E-state index in [1.807, 2.05) is 6.92 Å². The topological polar surface area (TPSA) is 79.5 Å². The van der Waals surface area contributed by atoms with Gasteiger partial charge in [0.2, 0.25) is 5.89 Å². The monoisotopic (exact) mass is 253 g/mol. The number of hydrogen-bond acceptors (Lipinski definition) is 5. The average Bonchev–Trinajstić information content (AvgIpc) is 2.89. The van der Waals surface area contributed by atoms with Crippen molar-refractivity contribution in [3.05, 3.63) is 11.7 Å². The van der Waals surface area contributed by atoms with Crippen molar-refractivity contribution in [1.82, 2.24) is 15.0 Å². The Morgan fingerprint density at radius 2 is 2.39 bits per heavy atom. The zero-order valence-electron chi connectivity index (χ0n) is 10.8. The molecule has 2 atom stereocenters. The normalized spacial score (nSPS) is 24.6. The Balaban J connectivity index is 1.95. The summed E-state index contributed by atoms with van der Waals surface area (Å²) in [7, 11) is 0. The lowest BCUT2D eigenvalue weighted by atomic mass is 10.0. The predicted molar refractivity (Wildman–Crippen MR) is 63.9 cm³/mol. The molecule has 2 rings (SSSR count). The highest BCUT2D eigenvalue weighted by Gasteiger charge is 2.36. The minimum absolute atomic E-state index is 0.0176. The molecule has 1 aromatic rings. The van der Waals surface area contributed by atoms with Gasteiger partial charge in [0.05, 0.1) is 12.5 Å². The Morgan fingerprint density at radius 3 is 3.00 bits per heavy atom. The van der Waals surface area contributed by atoms with Gasteiger partial charge in [0.25, 0.3) is 0 Å². The number of rotatable bonds is 5. The van der Waals surface area contributed by atoms with E-state index in [0.29, 0.717) is 18.9 Å². The number of likely N-dealkylation sites (tertiary alicyclic amines) is 1. The highest BCUT2D eigenvalue weighted by atomic mass is 16.5. The second-order valence-electron chi connectivity index (χ2n) is 4.80. The van der Waals surface area contributed by atoms with Crippen LogP contribution in [0.5, 0.6) is 0 Å². The van der Waals surface area contributed by atoms with Crippen LogP contribution in [0.2, 0.25) is 0 Å².